The molecular weight excluding hydrogens is 198 g/mol. The van der Waals surface area contributed by atoms with Gasteiger partial charge in [-0.2, -0.15) is 0 Å². The van der Waals surface area contributed by atoms with Gasteiger partial charge < -0.3 is 20.2 Å². The molecule has 0 radical (unpaired) electrons. The van der Waals surface area contributed by atoms with Gasteiger partial charge in [0.15, 0.2) is 11.6 Å². The topological polar surface area (TPSA) is 94.3 Å². The van der Waals surface area contributed by atoms with Crippen LogP contribution in [-0.2, 0) is 4.74 Å². The third-order valence-electron chi connectivity index (χ3n) is 1.74. The fraction of sp³-hybridized carbons (Fsp3) is 0.500. The number of nitrogens with zero attached hydrogens (tertiary/aromatic N) is 2. The first-order valence-electron chi connectivity index (χ1n) is 4.42. The number of hydrazine groups is 1. The van der Waals surface area contributed by atoms with Gasteiger partial charge in [-0.15, -0.1) is 0 Å². The normalized spacial score (nSPS) is 9.80. The van der Waals surface area contributed by atoms with E-state index in [1.165, 1.54) is 13.4 Å². The second-order valence-electron chi connectivity index (χ2n) is 2.67. The highest BCUT2D eigenvalue weighted by Gasteiger charge is 2.09. The number of nitrogens with one attached hydrogen (secondary N) is 2. The molecule has 0 bridgehead atoms. The van der Waals surface area contributed by atoms with Crippen LogP contribution in [0.1, 0.15) is 0 Å². The summed E-state index contributed by atoms with van der Waals surface area (Å²) in [7, 11) is 3.16. The lowest BCUT2D eigenvalue weighted by atomic mass is 10.4. The summed E-state index contributed by atoms with van der Waals surface area (Å²) in [5, 5.41) is 3.04. The number of anilines is 2. The van der Waals surface area contributed by atoms with Gasteiger partial charge in [0.05, 0.1) is 13.7 Å². The summed E-state index contributed by atoms with van der Waals surface area (Å²) < 4.78 is 10.0. The predicted octanol–water partition coefficient (Wildman–Crippen LogP) is -0.171. The summed E-state index contributed by atoms with van der Waals surface area (Å²) in [5.74, 6) is 6.78. The van der Waals surface area contributed by atoms with Crippen molar-refractivity contribution in [3.63, 3.8) is 0 Å². The number of aromatic nitrogens is 2. The first-order chi connectivity index (χ1) is 7.33. The molecule has 0 aromatic carbocycles. The zero-order valence-corrected chi connectivity index (χ0v) is 8.78. The van der Waals surface area contributed by atoms with Crippen LogP contribution in [0.3, 0.4) is 0 Å². The molecule has 0 aliphatic carbocycles. The number of hydrogen-bond acceptors (Lipinski definition) is 7. The highest BCUT2D eigenvalue weighted by atomic mass is 16.5. The van der Waals surface area contributed by atoms with Crippen molar-refractivity contribution in [2.45, 2.75) is 0 Å². The van der Waals surface area contributed by atoms with Crippen LogP contribution in [0.15, 0.2) is 6.33 Å². The number of nitrogen functional groups attached to an aromatic ring is 1. The largest absolute Gasteiger partial charge is 0.490 e. The van der Waals surface area contributed by atoms with Crippen LogP contribution < -0.4 is 21.3 Å². The lowest BCUT2D eigenvalue weighted by Crippen LogP contribution is -2.14. The molecule has 1 heterocycles. The molecule has 0 fully saturated rings. The number of methoxy groups -OCH3 is 2. The van der Waals surface area contributed by atoms with E-state index in [2.05, 4.69) is 20.7 Å². The maximum Gasteiger partial charge on any atom is 0.205 e. The van der Waals surface area contributed by atoms with Gasteiger partial charge in [-0.1, -0.05) is 0 Å². The van der Waals surface area contributed by atoms with E-state index in [0.29, 0.717) is 30.5 Å². The van der Waals surface area contributed by atoms with E-state index in [4.69, 9.17) is 15.3 Å². The second-order valence-corrected chi connectivity index (χ2v) is 2.67. The SMILES string of the molecule is COCCNc1ncnc(NN)c1OC. The lowest BCUT2D eigenvalue weighted by Gasteiger charge is -2.11. The number of rotatable bonds is 6. The van der Waals surface area contributed by atoms with Crippen molar-refractivity contribution in [1.82, 2.24) is 9.97 Å². The van der Waals surface area contributed by atoms with Crippen molar-refractivity contribution in [2.24, 2.45) is 5.84 Å². The monoisotopic (exact) mass is 213 g/mol. The fourth-order valence-corrected chi connectivity index (χ4v) is 1.07. The van der Waals surface area contributed by atoms with E-state index >= 15 is 0 Å². The summed E-state index contributed by atoms with van der Waals surface area (Å²) in [5.41, 5.74) is 2.43. The standard InChI is InChI=1S/C8H15N5O2/c1-14-4-3-10-7-6(15-2)8(13-9)12-5-11-7/h5H,3-4,9H2,1-2H3,(H2,10,11,12,13). The van der Waals surface area contributed by atoms with Crippen LogP contribution in [0.5, 0.6) is 5.75 Å². The summed E-state index contributed by atoms with van der Waals surface area (Å²) >= 11 is 0. The van der Waals surface area contributed by atoms with Gasteiger partial charge in [0.1, 0.15) is 6.33 Å². The molecule has 7 heteroatoms. The van der Waals surface area contributed by atoms with Gasteiger partial charge >= 0.3 is 0 Å². The Morgan fingerprint density at radius 3 is 2.67 bits per heavy atom. The molecule has 7 nitrogen and oxygen atoms in total. The Hall–Kier alpha value is -1.60. The molecule has 84 valence electrons. The van der Waals surface area contributed by atoms with Crippen molar-refractivity contribution in [2.75, 3.05) is 38.1 Å². The average Bonchev–Trinajstić information content (AvgIpc) is 2.29. The number of ether oxygens (including phenoxy) is 2. The van der Waals surface area contributed by atoms with E-state index in [-0.39, 0.29) is 0 Å². The third-order valence-corrected chi connectivity index (χ3v) is 1.74. The first kappa shape index (κ1) is 11.5. The minimum Gasteiger partial charge on any atom is -0.490 e. The molecule has 0 amide bonds. The van der Waals surface area contributed by atoms with Crippen molar-refractivity contribution in [3.8, 4) is 5.75 Å². The van der Waals surface area contributed by atoms with E-state index in [1.807, 2.05) is 0 Å². The summed E-state index contributed by atoms with van der Waals surface area (Å²) in [4.78, 5) is 7.95. The molecule has 1 aromatic rings. The van der Waals surface area contributed by atoms with E-state index in [1.54, 1.807) is 7.11 Å². The lowest BCUT2D eigenvalue weighted by molar-refractivity contribution is 0.210. The molecule has 1 aromatic heterocycles. The number of hydrogen-bond donors (Lipinski definition) is 3. The summed E-state index contributed by atoms with van der Waals surface area (Å²) in [6.45, 7) is 1.21. The van der Waals surface area contributed by atoms with E-state index in [9.17, 15) is 0 Å². The molecule has 0 atom stereocenters. The molecule has 0 saturated carbocycles. The Bertz CT molecular complexity index is 307. The van der Waals surface area contributed by atoms with Gasteiger partial charge in [-0.3, -0.25) is 0 Å². The minimum atomic E-state index is 0.437. The molecule has 0 aliphatic rings. The van der Waals surface area contributed by atoms with Crippen molar-refractivity contribution in [3.05, 3.63) is 6.33 Å². The van der Waals surface area contributed by atoms with Gasteiger partial charge in [-0.25, -0.2) is 15.8 Å². The van der Waals surface area contributed by atoms with Crippen molar-refractivity contribution >= 4 is 11.6 Å². The quantitative estimate of drug-likeness (QED) is 0.343. The molecule has 4 N–H and O–H groups in total. The van der Waals surface area contributed by atoms with Crippen LogP contribution >= 0.6 is 0 Å². The van der Waals surface area contributed by atoms with Crippen LogP contribution in [-0.4, -0.2) is 37.3 Å². The minimum absolute atomic E-state index is 0.437. The van der Waals surface area contributed by atoms with Crippen molar-refractivity contribution < 1.29 is 9.47 Å². The van der Waals surface area contributed by atoms with E-state index < -0.39 is 0 Å². The summed E-state index contributed by atoms with van der Waals surface area (Å²) in [6.07, 6.45) is 1.40. The molecule has 0 saturated heterocycles. The number of nitrogens with two attached hydrogens (primary N) is 1. The van der Waals surface area contributed by atoms with Gasteiger partial charge in [0.25, 0.3) is 0 Å². The first-order valence-corrected chi connectivity index (χ1v) is 4.42. The van der Waals surface area contributed by atoms with E-state index in [0.717, 1.165) is 0 Å². The van der Waals surface area contributed by atoms with Crippen LogP contribution in [0.25, 0.3) is 0 Å². The summed E-state index contributed by atoms with van der Waals surface area (Å²) in [6, 6.07) is 0. The fourth-order valence-electron chi connectivity index (χ4n) is 1.07. The maximum absolute atomic E-state index is 5.28. The predicted molar refractivity (Wildman–Crippen MR) is 56.8 cm³/mol. The van der Waals surface area contributed by atoms with Gasteiger partial charge in [0.2, 0.25) is 5.75 Å². The molecule has 0 aliphatic heterocycles. The van der Waals surface area contributed by atoms with Crippen LogP contribution in [0, 0.1) is 0 Å². The molecule has 1 rings (SSSR count). The average molecular weight is 213 g/mol. The van der Waals surface area contributed by atoms with Crippen LogP contribution in [0.2, 0.25) is 0 Å². The zero-order chi connectivity index (χ0) is 11.1. The Labute approximate surface area is 88.0 Å². The maximum atomic E-state index is 5.28. The Morgan fingerprint density at radius 1 is 1.33 bits per heavy atom. The van der Waals surface area contributed by atoms with Crippen molar-refractivity contribution in [1.29, 1.82) is 0 Å². The van der Waals surface area contributed by atoms with Gasteiger partial charge in [0, 0.05) is 13.7 Å². The second kappa shape index (κ2) is 5.99. The third kappa shape index (κ3) is 2.93. The zero-order valence-electron chi connectivity index (χ0n) is 8.78. The highest BCUT2D eigenvalue weighted by Crippen LogP contribution is 2.27. The van der Waals surface area contributed by atoms with Gasteiger partial charge in [-0.05, 0) is 0 Å². The smallest absolute Gasteiger partial charge is 0.205 e. The van der Waals surface area contributed by atoms with Crippen LogP contribution in [0.4, 0.5) is 11.6 Å². The Morgan fingerprint density at radius 2 is 2.07 bits per heavy atom. The molecule has 0 unspecified atom stereocenters. The molecule has 0 spiro atoms. The Kier molecular flexibility index (Phi) is 4.58. The Balaban J connectivity index is 2.76. The highest BCUT2D eigenvalue weighted by molar-refractivity contribution is 5.62. The molecule has 15 heavy (non-hydrogen) atoms. The molecular formula is C8H15N5O2.